The lowest BCUT2D eigenvalue weighted by Crippen LogP contribution is -2.23. The lowest BCUT2D eigenvalue weighted by molar-refractivity contribution is 0.242. The van der Waals surface area contributed by atoms with Gasteiger partial charge in [0.25, 0.3) is 0 Å². The van der Waals surface area contributed by atoms with Crippen molar-refractivity contribution in [3.05, 3.63) is 160 Å². The van der Waals surface area contributed by atoms with Crippen molar-refractivity contribution in [2.24, 2.45) is 0 Å². The Morgan fingerprint density at radius 3 is 1.37 bits per heavy atom. The standard InChI is InChI=1S/C43H37N3S8/c1-47-40-41(48-2)52-38(51-40)36-32-13-5-6-14-33(32)37(39-53-42(49-3)43(50-4)54-39)35-23-29(19-20-34(35)36)28-17-15-27(16-18-28)24-46(25-30-11-7-9-21-44-30)26-31-12-8-10-22-45-31/h5-23H,24-26H2,1-4H3. The Bertz CT molecular complexity index is 2440. The summed E-state index contributed by atoms with van der Waals surface area (Å²) in [6, 6.07) is 37.7. The zero-order valence-corrected chi connectivity index (χ0v) is 36.7. The van der Waals surface area contributed by atoms with Crippen LogP contribution in [-0.2, 0) is 19.6 Å². The minimum atomic E-state index is 0.755. The van der Waals surface area contributed by atoms with Gasteiger partial charge in [-0.1, -0.05) is 120 Å². The topological polar surface area (TPSA) is 29.0 Å². The molecule has 11 heteroatoms. The number of hydrogen-bond acceptors (Lipinski definition) is 11. The lowest BCUT2D eigenvalue weighted by Gasteiger charge is -2.22. The summed E-state index contributed by atoms with van der Waals surface area (Å²) in [4.78, 5) is 11.7. The molecule has 0 saturated heterocycles. The number of nitrogens with zero attached hydrogens (tertiary/aromatic N) is 3. The van der Waals surface area contributed by atoms with Crippen LogP contribution in [0.5, 0.6) is 0 Å². The Labute approximate surface area is 351 Å². The monoisotopic (exact) mass is 851 g/mol. The van der Waals surface area contributed by atoms with Crippen molar-refractivity contribution < 1.29 is 0 Å². The van der Waals surface area contributed by atoms with Gasteiger partial charge in [0.05, 0.1) is 36.8 Å². The molecule has 0 amide bonds. The van der Waals surface area contributed by atoms with Crippen molar-refractivity contribution in [1.29, 1.82) is 0 Å². The normalized spacial score (nSPS) is 14.8. The zero-order chi connectivity index (χ0) is 37.0. The van der Waals surface area contributed by atoms with Crippen LogP contribution in [-0.4, -0.2) is 39.9 Å². The fourth-order valence-electron chi connectivity index (χ4n) is 6.72. The van der Waals surface area contributed by atoms with Gasteiger partial charge in [-0.25, -0.2) is 0 Å². The SMILES string of the molecule is CSC1=C(SC)SC(=c2c3ccccc3c(=C3SC(SC)=C(SC)S3)c3cc(-c4ccc(CN(Cc5ccccn5)Cc5ccccn5)cc4)ccc23)S1. The fourth-order valence-corrected chi connectivity index (χ4v) is 17.0. The maximum atomic E-state index is 4.62. The van der Waals surface area contributed by atoms with Crippen LogP contribution < -0.4 is 10.4 Å². The van der Waals surface area contributed by atoms with Gasteiger partial charge in [-0.3, -0.25) is 14.9 Å². The Balaban J connectivity index is 1.23. The lowest BCUT2D eigenvalue weighted by atomic mass is 9.95. The number of pyridine rings is 2. The average Bonchev–Trinajstić information content (AvgIpc) is 3.84. The van der Waals surface area contributed by atoms with Gasteiger partial charge in [-0.2, -0.15) is 0 Å². The van der Waals surface area contributed by atoms with Gasteiger partial charge in [-0.05, 0) is 93.6 Å². The summed E-state index contributed by atoms with van der Waals surface area (Å²) < 4.78 is 8.33. The van der Waals surface area contributed by atoms with E-state index in [0.29, 0.717) is 0 Å². The molecule has 0 saturated carbocycles. The second kappa shape index (κ2) is 17.9. The number of rotatable bonds is 11. The van der Waals surface area contributed by atoms with Gasteiger partial charge in [0.15, 0.2) is 0 Å². The third-order valence-corrected chi connectivity index (χ3v) is 19.6. The van der Waals surface area contributed by atoms with Crippen molar-refractivity contribution in [2.45, 2.75) is 19.6 Å². The van der Waals surface area contributed by atoms with Crippen molar-refractivity contribution in [2.75, 3.05) is 25.0 Å². The molecule has 3 nitrogen and oxygen atoms in total. The molecule has 0 radical (unpaired) electrons. The first-order valence-corrected chi connectivity index (χ1v) is 25.4. The quantitative estimate of drug-likeness (QED) is 0.117. The van der Waals surface area contributed by atoms with Crippen LogP contribution in [0.3, 0.4) is 0 Å². The molecule has 2 aliphatic rings. The van der Waals surface area contributed by atoms with E-state index < -0.39 is 0 Å². The van der Waals surface area contributed by atoms with Crippen molar-refractivity contribution in [1.82, 2.24) is 14.9 Å². The molecule has 0 aliphatic carbocycles. The van der Waals surface area contributed by atoms with E-state index in [0.717, 1.165) is 31.0 Å². The van der Waals surface area contributed by atoms with Crippen LogP contribution in [0.25, 0.3) is 41.1 Å². The predicted octanol–water partition coefficient (Wildman–Crippen LogP) is 12.4. The number of hydrogen-bond donors (Lipinski definition) is 0. The van der Waals surface area contributed by atoms with Crippen molar-refractivity contribution >= 4 is 124 Å². The van der Waals surface area contributed by atoms with E-state index in [2.05, 4.69) is 131 Å². The summed E-state index contributed by atoms with van der Waals surface area (Å²) >= 11 is 15.2. The summed E-state index contributed by atoms with van der Waals surface area (Å²) in [6.07, 6.45) is 12.5. The maximum Gasteiger partial charge on any atom is 0.0657 e. The van der Waals surface area contributed by atoms with Crippen LogP contribution in [0.2, 0.25) is 0 Å². The Kier molecular flexibility index (Phi) is 12.8. The third-order valence-electron chi connectivity index (χ3n) is 9.17. The highest BCUT2D eigenvalue weighted by Gasteiger charge is 2.25. The minimum absolute atomic E-state index is 0.755. The van der Waals surface area contributed by atoms with E-state index >= 15 is 0 Å². The van der Waals surface area contributed by atoms with Crippen LogP contribution in [0.15, 0.2) is 132 Å². The third kappa shape index (κ3) is 8.22. The van der Waals surface area contributed by atoms with Gasteiger partial charge in [0.1, 0.15) is 0 Å². The van der Waals surface area contributed by atoms with Crippen LogP contribution in [0, 0.1) is 0 Å². The molecular formula is C43H37N3S8. The highest BCUT2D eigenvalue weighted by molar-refractivity contribution is 8.46. The van der Waals surface area contributed by atoms with Crippen LogP contribution in [0.1, 0.15) is 17.0 Å². The summed E-state index contributed by atoms with van der Waals surface area (Å²) in [5.74, 6) is 0. The zero-order valence-electron chi connectivity index (χ0n) is 30.2. The first-order chi connectivity index (χ1) is 26.6. The van der Waals surface area contributed by atoms with Crippen molar-refractivity contribution in [3.63, 3.8) is 0 Å². The maximum absolute atomic E-state index is 4.62. The van der Waals surface area contributed by atoms with Gasteiger partial charge in [-0.15, -0.1) is 47.0 Å². The number of benzene rings is 4. The Morgan fingerprint density at radius 2 is 0.907 bits per heavy atom. The molecule has 0 bridgehead atoms. The molecule has 0 unspecified atom stereocenters. The smallest absolute Gasteiger partial charge is 0.0657 e. The summed E-state index contributed by atoms with van der Waals surface area (Å²) in [5.41, 5.74) is 5.84. The molecule has 54 heavy (non-hydrogen) atoms. The molecular weight excluding hydrogens is 815 g/mol. The minimum Gasteiger partial charge on any atom is -0.287 e. The number of aromatic nitrogens is 2. The average molecular weight is 852 g/mol. The molecule has 0 atom stereocenters. The second-order valence-electron chi connectivity index (χ2n) is 12.5. The van der Waals surface area contributed by atoms with Crippen molar-refractivity contribution in [3.8, 4) is 11.1 Å². The van der Waals surface area contributed by atoms with Gasteiger partial charge < -0.3 is 0 Å². The van der Waals surface area contributed by atoms with Gasteiger partial charge >= 0.3 is 0 Å². The van der Waals surface area contributed by atoms with E-state index in [4.69, 9.17) is 0 Å². The Morgan fingerprint density at radius 1 is 0.463 bits per heavy atom. The van der Waals surface area contributed by atoms with Crippen LogP contribution in [0.4, 0.5) is 0 Å². The summed E-state index contributed by atoms with van der Waals surface area (Å²) in [5, 5.41) is 7.99. The molecule has 6 aromatic rings. The number of thioether (sulfide) groups is 8. The highest BCUT2D eigenvalue weighted by Crippen LogP contribution is 2.58. The summed E-state index contributed by atoms with van der Waals surface area (Å²) in [6.45, 7) is 2.31. The molecule has 8 rings (SSSR count). The molecule has 0 spiro atoms. The Hall–Kier alpha value is -2.32. The summed E-state index contributed by atoms with van der Waals surface area (Å²) in [7, 11) is 0. The number of fused-ring (bicyclic) bond motifs is 2. The molecule has 2 aromatic heterocycles. The van der Waals surface area contributed by atoms with E-state index in [1.54, 1.807) is 0 Å². The first kappa shape index (κ1) is 38.5. The molecule has 0 fully saturated rings. The van der Waals surface area contributed by atoms with E-state index in [9.17, 15) is 0 Å². The molecule has 4 heterocycles. The van der Waals surface area contributed by atoms with Crippen LogP contribution >= 0.6 is 94.1 Å². The first-order valence-electron chi connectivity index (χ1n) is 17.3. The predicted molar refractivity (Wildman–Crippen MR) is 253 cm³/mol. The van der Waals surface area contributed by atoms with E-state index in [1.807, 2.05) is 119 Å². The molecule has 4 aromatic carbocycles. The highest BCUT2D eigenvalue weighted by atomic mass is 32.3. The molecule has 2 aliphatic heterocycles. The fraction of sp³-hybridized carbons (Fsp3) is 0.163. The second-order valence-corrected chi connectivity index (χ2v) is 21.4. The molecule has 0 N–H and O–H groups in total. The largest absolute Gasteiger partial charge is 0.287 e. The van der Waals surface area contributed by atoms with E-state index in [1.165, 1.54) is 74.1 Å². The van der Waals surface area contributed by atoms with Gasteiger partial charge in [0, 0.05) is 42.5 Å². The van der Waals surface area contributed by atoms with E-state index in [-0.39, 0.29) is 0 Å². The van der Waals surface area contributed by atoms with Gasteiger partial charge in [0.2, 0.25) is 0 Å². The molecule has 272 valence electrons.